The van der Waals surface area contributed by atoms with E-state index in [1.54, 1.807) is 6.07 Å². The molecule has 4 rings (SSSR count). The van der Waals surface area contributed by atoms with Gasteiger partial charge in [-0.15, -0.1) is 0 Å². The number of carbonyl (C=O) groups is 2. The van der Waals surface area contributed by atoms with Crippen LogP contribution >= 0.6 is 0 Å². The Morgan fingerprint density at radius 2 is 2.04 bits per heavy atom. The maximum Gasteiger partial charge on any atom is 0.410 e. The fourth-order valence-corrected chi connectivity index (χ4v) is 3.74. The molecular weight excluding hydrogens is 338 g/mol. The molecular formula is C17H23N5O4. The van der Waals surface area contributed by atoms with Gasteiger partial charge in [-0.3, -0.25) is 19.5 Å². The van der Waals surface area contributed by atoms with Gasteiger partial charge in [-0.1, -0.05) is 0 Å². The third kappa shape index (κ3) is 3.51. The summed E-state index contributed by atoms with van der Waals surface area (Å²) in [6, 6.07) is 1.62. The van der Waals surface area contributed by atoms with Crippen LogP contribution in [0.2, 0.25) is 0 Å². The molecule has 26 heavy (non-hydrogen) atoms. The molecule has 0 bridgehead atoms. The third-order valence-electron chi connectivity index (χ3n) is 5.26. The molecule has 3 fully saturated rings. The van der Waals surface area contributed by atoms with Gasteiger partial charge in [0, 0.05) is 31.1 Å². The van der Waals surface area contributed by atoms with E-state index in [2.05, 4.69) is 20.2 Å². The van der Waals surface area contributed by atoms with Crippen molar-refractivity contribution in [3.05, 3.63) is 22.1 Å². The number of rotatable bonds is 5. The minimum atomic E-state index is -0.436. The average Bonchev–Trinajstić information content (AvgIpc) is 3.22. The van der Waals surface area contributed by atoms with Crippen LogP contribution in [-0.4, -0.2) is 65.7 Å². The Balaban J connectivity index is 1.31. The predicted molar refractivity (Wildman–Crippen MR) is 93.1 cm³/mol. The van der Waals surface area contributed by atoms with E-state index < -0.39 is 6.09 Å². The molecule has 2 amide bonds. The number of hydrogen-bond donors (Lipinski definition) is 2. The molecule has 9 nitrogen and oxygen atoms in total. The molecule has 0 spiro atoms. The second-order valence-electron chi connectivity index (χ2n) is 7.16. The van der Waals surface area contributed by atoms with Gasteiger partial charge < -0.3 is 15.0 Å². The van der Waals surface area contributed by atoms with E-state index in [9.17, 15) is 14.4 Å². The van der Waals surface area contributed by atoms with Gasteiger partial charge in [0.15, 0.2) is 0 Å². The van der Waals surface area contributed by atoms with Crippen molar-refractivity contribution in [3.63, 3.8) is 0 Å². The van der Waals surface area contributed by atoms with Crippen molar-refractivity contribution in [2.24, 2.45) is 0 Å². The normalized spacial score (nSPS) is 25.2. The lowest BCUT2D eigenvalue weighted by Gasteiger charge is -2.35. The van der Waals surface area contributed by atoms with E-state index in [0.717, 1.165) is 44.5 Å². The maximum atomic E-state index is 12.0. The first-order valence-corrected chi connectivity index (χ1v) is 9.16. The van der Waals surface area contributed by atoms with Gasteiger partial charge >= 0.3 is 6.09 Å². The summed E-state index contributed by atoms with van der Waals surface area (Å²) in [5.74, 6) is 0.662. The number of amides is 2. The van der Waals surface area contributed by atoms with Gasteiger partial charge in [-0.05, 0) is 25.7 Å². The highest BCUT2D eigenvalue weighted by Crippen LogP contribution is 2.36. The summed E-state index contributed by atoms with van der Waals surface area (Å²) in [6.07, 6.45) is 3.32. The Bertz CT molecular complexity index is 752. The zero-order valence-electron chi connectivity index (χ0n) is 14.6. The zero-order chi connectivity index (χ0) is 18.1. The van der Waals surface area contributed by atoms with Gasteiger partial charge in [0.25, 0.3) is 5.56 Å². The fourth-order valence-electron chi connectivity index (χ4n) is 3.74. The molecule has 0 aromatic carbocycles. The smallest absolute Gasteiger partial charge is 0.410 e. The van der Waals surface area contributed by atoms with Crippen LogP contribution in [0.4, 0.5) is 10.7 Å². The average molecular weight is 361 g/mol. The molecule has 0 radical (unpaired) electrons. The van der Waals surface area contributed by atoms with Crippen LogP contribution in [0.3, 0.4) is 0 Å². The third-order valence-corrected chi connectivity index (χ3v) is 5.26. The molecule has 2 N–H and O–H groups in total. The van der Waals surface area contributed by atoms with E-state index in [1.807, 2.05) is 0 Å². The Kier molecular flexibility index (Phi) is 4.52. The highest BCUT2D eigenvalue weighted by atomic mass is 16.6. The number of nitrogens with one attached hydrogen (secondary N) is 2. The number of aromatic nitrogens is 2. The molecule has 1 saturated carbocycles. The van der Waals surface area contributed by atoms with Gasteiger partial charge in [-0.25, -0.2) is 9.78 Å². The molecule has 1 aromatic rings. The predicted octanol–water partition coefficient (Wildman–Crippen LogP) is 0.185. The SMILES string of the molecule is O=C(CN1CCOC1=O)NC1CC(c2cc(=O)[nH]c(N3CCCC3)n2)C1. The van der Waals surface area contributed by atoms with Gasteiger partial charge in [0.1, 0.15) is 13.2 Å². The first-order chi connectivity index (χ1) is 12.6. The molecule has 2 aliphatic heterocycles. The van der Waals surface area contributed by atoms with Crippen LogP contribution in [0.1, 0.15) is 37.3 Å². The van der Waals surface area contributed by atoms with Gasteiger partial charge in [0.2, 0.25) is 11.9 Å². The van der Waals surface area contributed by atoms with E-state index in [1.165, 1.54) is 4.90 Å². The summed E-state index contributed by atoms with van der Waals surface area (Å²) in [4.78, 5) is 46.3. The lowest BCUT2D eigenvalue weighted by Crippen LogP contribution is -2.47. The number of carbonyl (C=O) groups excluding carboxylic acids is 2. The summed E-state index contributed by atoms with van der Waals surface area (Å²) < 4.78 is 4.81. The van der Waals surface area contributed by atoms with Crippen LogP contribution in [0, 0.1) is 0 Å². The topological polar surface area (TPSA) is 108 Å². The minimum Gasteiger partial charge on any atom is -0.448 e. The van der Waals surface area contributed by atoms with E-state index in [-0.39, 0.29) is 30.0 Å². The lowest BCUT2D eigenvalue weighted by molar-refractivity contribution is -0.122. The number of hydrogen-bond acceptors (Lipinski definition) is 6. The van der Waals surface area contributed by atoms with E-state index in [0.29, 0.717) is 19.1 Å². The molecule has 2 saturated heterocycles. The van der Waals surface area contributed by atoms with Crippen molar-refractivity contribution in [2.45, 2.75) is 37.6 Å². The number of anilines is 1. The van der Waals surface area contributed by atoms with Crippen molar-refractivity contribution in [3.8, 4) is 0 Å². The Labute approximate surface area is 150 Å². The van der Waals surface area contributed by atoms with Crippen molar-refractivity contribution in [2.75, 3.05) is 37.7 Å². The van der Waals surface area contributed by atoms with Gasteiger partial charge in [0.05, 0.1) is 12.2 Å². The Morgan fingerprint density at radius 1 is 1.27 bits per heavy atom. The first-order valence-electron chi connectivity index (χ1n) is 9.16. The summed E-state index contributed by atoms with van der Waals surface area (Å²) in [5, 5.41) is 2.94. The molecule has 9 heteroatoms. The molecule has 3 heterocycles. The second kappa shape index (κ2) is 6.97. The number of cyclic esters (lactones) is 1. The van der Waals surface area contributed by atoms with Crippen LogP contribution in [0.5, 0.6) is 0 Å². The summed E-state index contributed by atoms with van der Waals surface area (Å²) in [6.45, 7) is 2.67. The molecule has 3 aliphatic rings. The molecule has 140 valence electrons. The number of ether oxygens (including phenoxy) is 1. The largest absolute Gasteiger partial charge is 0.448 e. The second-order valence-corrected chi connectivity index (χ2v) is 7.16. The molecule has 1 aliphatic carbocycles. The van der Waals surface area contributed by atoms with Crippen molar-refractivity contribution in [1.82, 2.24) is 20.2 Å². The zero-order valence-corrected chi connectivity index (χ0v) is 14.6. The molecule has 0 unspecified atom stereocenters. The summed E-state index contributed by atoms with van der Waals surface area (Å²) in [5.41, 5.74) is 0.668. The minimum absolute atomic E-state index is 0.0301. The number of H-pyrrole nitrogens is 1. The fraction of sp³-hybridized carbons (Fsp3) is 0.647. The van der Waals surface area contributed by atoms with Gasteiger partial charge in [-0.2, -0.15) is 0 Å². The standard InChI is InChI=1S/C17H23N5O4/c23-14-9-13(19-16(20-14)21-3-1-2-4-21)11-7-12(8-11)18-15(24)10-22-5-6-26-17(22)25/h9,11-12H,1-8,10H2,(H,18,24)(H,19,20,23). The highest BCUT2D eigenvalue weighted by molar-refractivity contribution is 5.83. The maximum absolute atomic E-state index is 12.0. The molecule has 1 aromatic heterocycles. The van der Waals surface area contributed by atoms with Crippen LogP contribution in [-0.2, 0) is 9.53 Å². The number of nitrogens with zero attached hydrogens (tertiary/aromatic N) is 3. The monoisotopic (exact) mass is 361 g/mol. The van der Waals surface area contributed by atoms with Crippen LogP contribution in [0.25, 0.3) is 0 Å². The lowest BCUT2D eigenvalue weighted by atomic mass is 9.78. The van der Waals surface area contributed by atoms with E-state index in [4.69, 9.17) is 4.74 Å². The van der Waals surface area contributed by atoms with Crippen LogP contribution < -0.4 is 15.8 Å². The van der Waals surface area contributed by atoms with Crippen molar-refractivity contribution < 1.29 is 14.3 Å². The number of aromatic amines is 1. The van der Waals surface area contributed by atoms with Crippen molar-refractivity contribution >= 4 is 17.9 Å². The van der Waals surface area contributed by atoms with Crippen molar-refractivity contribution in [1.29, 1.82) is 0 Å². The van der Waals surface area contributed by atoms with Crippen LogP contribution in [0.15, 0.2) is 10.9 Å². The molecule has 0 atom stereocenters. The Morgan fingerprint density at radius 3 is 2.73 bits per heavy atom. The summed E-state index contributed by atoms with van der Waals surface area (Å²) in [7, 11) is 0. The van der Waals surface area contributed by atoms with E-state index >= 15 is 0 Å². The first kappa shape index (κ1) is 16.9. The Hall–Kier alpha value is -2.58. The highest BCUT2D eigenvalue weighted by Gasteiger charge is 2.34. The summed E-state index contributed by atoms with van der Waals surface area (Å²) >= 11 is 0. The quantitative estimate of drug-likeness (QED) is 0.775.